The summed E-state index contributed by atoms with van der Waals surface area (Å²) in [5, 5.41) is 2.97. The number of halogens is 1. The summed E-state index contributed by atoms with van der Waals surface area (Å²) in [6.07, 6.45) is 5.02. The molecule has 7 heteroatoms. The van der Waals surface area contributed by atoms with E-state index in [4.69, 9.17) is 0 Å². The van der Waals surface area contributed by atoms with Gasteiger partial charge in [-0.15, -0.1) is 0 Å². The molecule has 2 aromatic heterocycles. The number of carbonyl (C=O) groups excluding carboxylic acids is 1. The van der Waals surface area contributed by atoms with Gasteiger partial charge in [-0.25, -0.2) is 14.2 Å². The van der Waals surface area contributed by atoms with Crippen molar-refractivity contribution in [3.05, 3.63) is 54.2 Å². The van der Waals surface area contributed by atoms with Crippen LogP contribution in [-0.4, -0.2) is 47.1 Å². The van der Waals surface area contributed by atoms with Gasteiger partial charge in [-0.05, 0) is 30.7 Å². The average molecular weight is 329 g/mol. The topological polar surface area (TPSA) is 61.4 Å². The van der Waals surface area contributed by atoms with Crippen LogP contribution in [0, 0.1) is 5.82 Å². The Morgan fingerprint density at radius 2 is 1.96 bits per heavy atom. The fourth-order valence-electron chi connectivity index (χ4n) is 2.72. The maximum absolute atomic E-state index is 13.8. The molecule has 0 aliphatic carbocycles. The van der Waals surface area contributed by atoms with Gasteiger partial charge in [0.2, 0.25) is 0 Å². The number of rotatable bonds is 3. The summed E-state index contributed by atoms with van der Waals surface area (Å²) < 4.78 is 13.8. The summed E-state index contributed by atoms with van der Waals surface area (Å²) in [7, 11) is 0. The third-order valence-electron chi connectivity index (χ3n) is 4.13. The summed E-state index contributed by atoms with van der Waals surface area (Å²) in [4.78, 5) is 24.1. The largest absolute Gasteiger partial charge is 0.351 e. The number of nitrogens with one attached hydrogen (secondary N) is 1. The first-order valence-electron chi connectivity index (χ1n) is 7.96. The maximum atomic E-state index is 13.8. The van der Waals surface area contributed by atoms with Crippen molar-refractivity contribution in [2.24, 2.45) is 0 Å². The van der Waals surface area contributed by atoms with Gasteiger partial charge in [0.1, 0.15) is 0 Å². The van der Waals surface area contributed by atoms with Crippen molar-refractivity contribution in [2.45, 2.75) is 13.0 Å². The van der Waals surface area contributed by atoms with E-state index in [-0.39, 0.29) is 17.9 Å². The number of hydrogen-bond acceptors (Lipinski definition) is 4. The Kier molecular flexibility index (Phi) is 4.88. The van der Waals surface area contributed by atoms with E-state index in [9.17, 15) is 9.18 Å². The first-order chi connectivity index (χ1) is 11.6. The molecule has 2 aromatic rings. The third-order valence-corrected chi connectivity index (χ3v) is 4.13. The van der Waals surface area contributed by atoms with Gasteiger partial charge < -0.3 is 15.1 Å². The van der Waals surface area contributed by atoms with Crippen LogP contribution in [-0.2, 0) is 0 Å². The van der Waals surface area contributed by atoms with Crippen LogP contribution < -0.4 is 10.2 Å². The minimum atomic E-state index is -0.333. The molecule has 1 aliphatic rings. The number of urea groups is 1. The molecule has 1 N–H and O–H groups in total. The molecule has 3 rings (SSSR count). The molecule has 1 saturated heterocycles. The molecule has 0 aromatic carbocycles. The van der Waals surface area contributed by atoms with Crippen LogP contribution in [0.4, 0.5) is 15.0 Å². The van der Waals surface area contributed by atoms with E-state index in [1.165, 1.54) is 6.07 Å². The van der Waals surface area contributed by atoms with Crippen LogP contribution in [0.3, 0.4) is 0 Å². The number of anilines is 1. The van der Waals surface area contributed by atoms with Crippen molar-refractivity contribution in [1.82, 2.24) is 20.2 Å². The van der Waals surface area contributed by atoms with Gasteiger partial charge in [0.05, 0.1) is 6.04 Å². The van der Waals surface area contributed by atoms with Crippen LogP contribution in [0.1, 0.15) is 18.5 Å². The Morgan fingerprint density at radius 3 is 2.62 bits per heavy atom. The molecule has 1 aliphatic heterocycles. The molecule has 0 spiro atoms. The molecule has 6 nitrogen and oxygen atoms in total. The molecule has 126 valence electrons. The van der Waals surface area contributed by atoms with E-state index >= 15 is 0 Å². The summed E-state index contributed by atoms with van der Waals surface area (Å²) in [5.74, 6) is 0.0156. The predicted octanol–water partition coefficient (Wildman–Crippen LogP) is 2.21. The minimum absolute atomic E-state index is 0.113. The zero-order valence-corrected chi connectivity index (χ0v) is 13.5. The van der Waals surface area contributed by atoms with Gasteiger partial charge in [0.25, 0.3) is 0 Å². The van der Waals surface area contributed by atoms with Crippen LogP contribution in [0.2, 0.25) is 0 Å². The van der Waals surface area contributed by atoms with E-state index in [0.29, 0.717) is 32.0 Å². The van der Waals surface area contributed by atoms with Gasteiger partial charge in [0, 0.05) is 44.8 Å². The number of piperazine rings is 1. The van der Waals surface area contributed by atoms with Gasteiger partial charge >= 0.3 is 6.03 Å². The predicted molar refractivity (Wildman–Crippen MR) is 89.2 cm³/mol. The molecule has 0 radical (unpaired) electrons. The monoisotopic (exact) mass is 329 g/mol. The highest BCUT2D eigenvalue weighted by Gasteiger charge is 2.24. The Labute approximate surface area is 140 Å². The van der Waals surface area contributed by atoms with Crippen molar-refractivity contribution in [1.29, 1.82) is 0 Å². The minimum Gasteiger partial charge on any atom is -0.351 e. The second-order valence-corrected chi connectivity index (χ2v) is 5.74. The molecular weight excluding hydrogens is 309 g/mol. The lowest BCUT2D eigenvalue weighted by Crippen LogP contribution is -2.52. The number of carbonyl (C=O) groups is 1. The van der Waals surface area contributed by atoms with Crippen molar-refractivity contribution < 1.29 is 9.18 Å². The molecule has 0 saturated carbocycles. The Bertz CT molecular complexity index is 688. The van der Waals surface area contributed by atoms with Gasteiger partial charge in [-0.1, -0.05) is 6.07 Å². The van der Waals surface area contributed by atoms with Crippen LogP contribution in [0.15, 0.2) is 42.9 Å². The van der Waals surface area contributed by atoms with E-state index in [0.717, 1.165) is 5.56 Å². The zero-order chi connectivity index (χ0) is 16.9. The normalized spacial score (nSPS) is 15.9. The quantitative estimate of drug-likeness (QED) is 0.938. The SMILES string of the molecule is CC(NC(=O)N1CCN(c2ncccc2F)CC1)c1cccnc1. The third kappa shape index (κ3) is 3.61. The van der Waals surface area contributed by atoms with Crippen LogP contribution >= 0.6 is 0 Å². The number of pyridine rings is 2. The fourth-order valence-corrected chi connectivity index (χ4v) is 2.72. The highest BCUT2D eigenvalue weighted by atomic mass is 19.1. The smallest absolute Gasteiger partial charge is 0.317 e. The second kappa shape index (κ2) is 7.25. The van der Waals surface area contributed by atoms with Gasteiger partial charge in [-0.3, -0.25) is 4.98 Å². The van der Waals surface area contributed by atoms with Crippen molar-refractivity contribution in [2.75, 3.05) is 31.1 Å². The van der Waals surface area contributed by atoms with Crippen LogP contribution in [0.25, 0.3) is 0 Å². The Morgan fingerprint density at radius 1 is 1.21 bits per heavy atom. The molecule has 0 bridgehead atoms. The van der Waals surface area contributed by atoms with Crippen molar-refractivity contribution in [3.8, 4) is 0 Å². The molecule has 1 atom stereocenters. The highest BCUT2D eigenvalue weighted by molar-refractivity contribution is 5.75. The summed E-state index contributed by atoms with van der Waals surface area (Å²) >= 11 is 0. The number of aromatic nitrogens is 2. The van der Waals surface area contributed by atoms with Crippen LogP contribution in [0.5, 0.6) is 0 Å². The highest BCUT2D eigenvalue weighted by Crippen LogP contribution is 2.17. The molecular formula is C17H20FN5O. The first kappa shape index (κ1) is 16.2. The Balaban J connectivity index is 1.55. The standard InChI is InChI=1S/C17H20FN5O/c1-13(14-4-2-6-19-12-14)21-17(24)23-10-8-22(9-11-23)16-15(18)5-3-7-20-16/h2-7,12-13H,8-11H2,1H3,(H,21,24). The molecule has 24 heavy (non-hydrogen) atoms. The lowest BCUT2D eigenvalue weighted by Gasteiger charge is -2.36. The molecule has 1 unspecified atom stereocenters. The maximum Gasteiger partial charge on any atom is 0.317 e. The first-order valence-corrected chi connectivity index (χ1v) is 7.96. The van der Waals surface area contributed by atoms with E-state index in [1.54, 1.807) is 29.6 Å². The fraction of sp³-hybridized carbons (Fsp3) is 0.353. The van der Waals surface area contributed by atoms with Gasteiger partial charge in [-0.2, -0.15) is 0 Å². The summed E-state index contributed by atoms with van der Waals surface area (Å²) in [5.41, 5.74) is 0.958. The number of hydrogen-bond donors (Lipinski definition) is 1. The summed E-state index contributed by atoms with van der Waals surface area (Å²) in [6, 6.07) is 6.52. The zero-order valence-electron chi connectivity index (χ0n) is 13.5. The lowest BCUT2D eigenvalue weighted by atomic mass is 10.1. The summed E-state index contributed by atoms with van der Waals surface area (Å²) in [6.45, 7) is 4.10. The van der Waals surface area contributed by atoms with Gasteiger partial charge in [0.15, 0.2) is 11.6 Å². The van der Waals surface area contributed by atoms with E-state index in [1.807, 2.05) is 24.0 Å². The Hall–Kier alpha value is -2.70. The van der Waals surface area contributed by atoms with E-state index in [2.05, 4.69) is 15.3 Å². The van der Waals surface area contributed by atoms with Crippen molar-refractivity contribution >= 4 is 11.8 Å². The van der Waals surface area contributed by atoms with E-state index < -0.39 is 0 Å². The molecule has 1 fully saturated rings. The molecule has 2 amide bonds. The molecule has 3 heterocycles. The lowest BCUT2D eigenvalue weighted by molar-refractivity contribution is 0.191. The van der Waals surface area contributed by atoms with Crippen molar-refractivity contribution in [3.63, 3.8) is 0 Å². The number of amides is 2. The average Bonchev–Trinajstić information content (AvgIpc) is 2.63. The number of nitrogens with zero attached hydrogens (tertiary/aromatic N) is 4. The second-order valence-electron chi connectivity index (χ2n) is 5.74.